The second kappa shape index (κ2) is 6.98. The first-order chi connectivity index (χ1) is 6.93. The molecule has 0 rings (SSSR count). The first-order valence-electron chi connectivity index (χ1n) is 5.11. The van der Waals surface area contributed by atoms with E-state index >= 15 is 0 Å². The molecule has 0 fully saturated rings. The molecule has 3 heteroatoms. The molecule has 0 heterocycles. The monoisotopic (exact) mass is 207 g/mol. The Morgan fingerprint density at radius 1 is 1.20 bits per heavy atom. The molecule has 2 N–H and O–H groups in total. The van der Waals surface area contributed by atoms with Crippen LogP contribution in [0.25, 0.3) is 0 Å². The molecule has 0 amide bonds. The van der Waals surface area contributed by atoms with Crippen LogP contribution >= 0.6 is 0 Å². The van der Waals surface area contributed by atoms with Crippen LogP contribution in [-0.4, -0.2) is 12.1 Å². The minimum absolute atomic E-state index is 0.525. The van der Waals surface area contributed by atoms with Crippen molar-refractivity contribution in [2.24, 2.45) is 21.6 Å². The summed E-state index contributed by atoms with van der Waals surface area (Å²) >= 11 is 0. The third kappa shape index (κ3) is 7.67. The fourth-order valence-electron chi connectivity index (χ4n) is 0.640. The smallest absolute Gasteiger partial charge is 0.125 e. The molecule has 0 aromatic carbocycles. The molecule has 0 aliphatic carbocycles. The number of hydrogen-bond donors (Lipinski definition) is 1. The third-order valence-corrected chi connectivity index (χ3v) is 1.96. The lowest BCUT2D eigenvalue weighted by Crippen LogP contribution is -1.92. The Hall–Kier alpha value is -1.38. The minimum Gasteiger partial charge on any atom is -0.402 e. The van der Waals surface area contributed by atoms with Crippen LogP contribution in [0.4, 0.5) is 0 Å². The van der Waals surface area contributed by atoms with E-state index in [1.54, 1.807) is 12.3 Å². The van der Waals surface area contributed by atoms with Gasteiger partial charge in [-0.05, 0) is 32.8 Å². The summed E-state index contributed by atoms with van der Waals surface area (Å²) in [6.07, 6.45) is 5.26. The van der Waals surface area contributed by atoms with E-state index in [0.29, 0.717) is 5.92 Å². The van der Waals surface area contributed by atoms with Crippen LogP contribution in [0.1, 0.15) is 34.6 Å². The Kier molecular flexibility index (Phi) is 6.34. The van der Waals surface area contributed by atoms with Crippen molar-refractivity contribution in [1.82, 2.24) is 0 Å². The topological polar surface area (TPSA) is 50.7 Å². The maximum absolute atomic E-state index is 5.46. The average molecular weight is 207 g/mol. The highest BCUT2D eigenvalue weighted by Crippen LogP contribution is 2.07. The van der Waals surface area contributed by atoms with E-state index in [9.17, 15) is 0 Å². The molecule has 0 aromatic heterocycles. The lowest BCUT2D eigenvalue weighted by atomic mass is 10.1. The van der Waals surface area contributed by atoms with Crippen LogP contribution in [0.15, 0.2) is 33.5 Å². The third-order valence-electron chi connectivity index (χ3n) is 1.96. The van der Waals surface area contributed by atoms with E-state index in [0.717, 1.165) is 11.5 Å². The molecule has 15 heavy (non-hydrogen) atoms. The van der Waals surface area contributed by atoms with Crippen molar-refractivity contribution < 1.29 is 0 Å². The Balaban J connectivity index is 4.40. The lowest BCUT2D eigenvalue weighted by Gasteiger charge is -2.01. The summed E-state index contributed by atoms with van der Waals surface area (Å²) in [5.41, 5.74) is 7.44. The van der Waals surface area contributed by atoms with Crippen LogP contribution in [-0.2, 0) is 0 Å². The molecule has 84 valence electrons. The van der Waals surface area contributed by atoms with E-state index in [1.165, 1.54) is 5.57 Å². The summed E-state index contributed by atoms with van der Waals surface area (Å²) in [6, 6.07) is 0. The van der Waals surface area contributed by atoms with Gasteiger partial charge >= 0.3 is 0 Å². The van der Waals surface area contributed by atoms with Gasteiger partial charge in [-0.1, -0.05) is 19.4 Å². The van der Waals surface area contributed by atoms with Gasteiger partial charge in [-0.25, -0.2) is 9.98 Å². The van der Waals surface area contributed by atoms with Crippen molar-refractivity contribution in [3.8, 4) is 0 Å². The number of hydrogen-bond acceptors (Lipinski definition) is 2. The highest BCUT2D eigenvalue weighted by molar-refractivity contribution is 5.91. The van der Waals surface area contributed by atoms with Crippen molar-refractivity contribution in [2.45, 2.75) is 34.6 Å². The van der Waals surface area contributed by atoms with Crippen molar-refractivity contribution in [3.63, 3.8) is 0 Å². The molecule has 0 aliphatic heterocycles. The van der Waals surface area contributed by atoms with E-state index < -0.39 is 0 Å². The second-order valence-electron chi connectivity index (χ2n) is 3.89. The van der Waals surface area contributed by atoms with Crippen molar-refractivity contribution in [1.29, 1.82) is 0 Å². The van der Waals surface area contributed by atoms with Gasteiger partial charge in [0.25, 0.3) is 0 Å². The Bertz CT molecular complexity index is 303. The highest BCUT2D eigenvalue weighted by atomic mass is 14.9. The van der Waals surface area contributed by atoms with E-state index in [1.807, 2.05) is 20.0 Å². The van der Waals surface area contributed by atoms with Gasteiger partial charge in [-0.2, -0.15) is 0 Å². The number of allylic oxidation sites excluding steroid dienone is 3. The Morgan fingerprint density at radius 3 is 2.27 bits per heavy atom. The van der Waals surface area contributed by atoms with E-state index in [2.05, 4.69) is 30.8 Å². The van der Waals surface area contributed by atoms with Crippen LogP contribution in [0, 0.1) is 5.92 Å². The standard InChI is InChI=1S/C12H21N3/c1-9(2)10(3)8-15-12(5)14-7-6-11(4)13/h6-9H,13H2,1-5H3/b10-8+,11-6-,14-7?,15-12?. The number of nitrogens with zero attached hydrogens (tertiary/aromatic N) is 2. The summed E-state index contributed by atoms with van der Waals surface area (Å²) < 4.78 is 0. The zero-order valence-electron chi connectivity index (χ0n) is 10.3. The van der Waals surface area contributed by atoms with Crippen LogP contribution < -0.4 is 5.73 Å². The van der Waals surface area contributed by atoms with Gasteiger partial charge in [0.15, 0.2) is 0 Å². The molecule has 0 aromatic rings. The summed E-state index contributed by atoms with van der Waals surface area (Å²) in [4.78, 5) is 8.35. The summed E-state index contributed by atoms with van der Waals surface area (Å²) in [6.45, 7) is 10.0. The number of rotatable bonds is 3. The fourth-order valence-corrected chi connectivity index (χ4v) is 0.640. The van der Waals surface area contributed by atoms with Crippen molar-refractivity contribution in [2.75, 3.05) is 0 Å². The molecule has 0 spiro atoms. The first kappa shape index (κ1) is 13.6. The Morgan fingerprint density at radius 2 is 1.80 bits per heavy atom. The summed E-state index contributed by atoms with van der Waals surface area (Å²) in [5, 5.41) is 0. The van der Waals surface area contributed by atoms with Gasteiger partial charge in [0, 0.05) is 18.1 Å². The predicted molar refractivity (Wildman–Crippen MR) is 68.1 cm³/mol. The molecule has 0 saturated carbocycles. The number of amidine groups is 1. The molecule has 0 bridgehead atoms. The van der Waals surface area contributed by atoms with Gasteiger partial charge in [-0.15, -0.1) is 0 Å². The van der Waals surface area contributed by atoms with Gasteiger partial charge in [0.2, 0.25) is 0 Å². The van der Waals surface area contributed by atoms with E-state index in [-0.39, 0.29) is 0 Å². The summed E-state index contributed by atoms with van der Waals surface area (Å²) in [5.74, 6) is 1.25. The maximum atomic E-state index is 5.46. The lowest BCUT2D eigenvalue weighted by molar-refractivity contribution is 0.766. The Labute approximate surface area is 92.5 Å². The largest absolute Gasteiger partial charge is 0.402 e. The molecule has 0 atom stereocenters. The quantitative estimate of drug-likeness (QED) is 0.561. The SMILES string of the molecule is CC(N=C/C=C(/C)N)=N/C=C(\C)C(C)C. The second-order valence-corrected chi connectivity index (χ2v) is 3.89. The van der Waals surface area contributed by atoms with Gasteiger partial charge in [0.1, 0.15) is 5.84 Å². The average Bonchev–Trinajstić information content (AvgIpc) is 2.13. The van der Waals surface area contributed by atoms with Gasteiger partial charge in [0.05, 0.1) is 0 Å². The van der Waals surface area contributed by atoms with Gasteiger partial charge < -0.3 is 5.73 Å². The maximum Gasteiger partial charge on any atom is 0.125 e. The fraction of sp³-hybridized carbons (Fsp3) is 0.500. The van der Waals surface area contributed by atoms with Crippen molar-refractivity contribution in [3.05, 3.63) is 23.5 Å². The zero-order valence-corrected chi connectivity index (χ0v) is 10.3. The number of nitrogens with two attached hydrogens (primary N) is 1. The van der Waals surface area contributed by atoms with Crippen LogP contribution in [0.2, 0.25) is 0 Å². The number of aliphatic imine (C=N–C) groups is 2. The van der Waals surface area contributed by atoms with Gasteiger partial charge in [-0.3, -0.25) is 0 Å². The van der Waals surface area contributed by atoms with Crippen molar-refractivity contribution >= 4 is 12.1 Å². The van der Waals surface area contributed by atoms with Crippen LogP contribution in [0.5, 0.6) is 0 Å². The first-order valence-corrected chi connectivity index (χ1v) is 5.11. The molecule has 3 nitrogen and oxygen atoms in total. The normalized spacial score (nSPS) is 15.5. The molecular formula is C12H21N3. The van der Waals surface area contributed by atoms with Crippen LogP contribution in [0.3, 0.4) is 0 Å². The highest BCUT2D eigenvalue weighted by Gasteiger charge is 1.93. The molecular weight excluding hydrogens is 186 g/mol. The molecule has 0 unspecified atom stereocenters. The van der Waals surface area contributed by atoms with E-state index in [4.69, 9.17) is 5.73 Å². The zero-order chi connectivity index (χ0) is 11.8. The molecule has 0 saturated heterocycles. The summed E-state index contributed by atoms with van der Waals surface area (Å²) in [7, 11) is 0. The molecule has 0 aliphatic rings. The molecule has 0 radical (unpaired) electrons. The minimum atomic E-state index is 0.525. The predicted octanol–water partition coefficient (Wildman–Crippen LogP) is 2.90.